The Hall–Kier alpha value is -1.75. The summed E-state index contributed by atoms with van der Waals surface area (Å²) in [6.45, 7) is 5.42. The molecular formula is C16H25N3O2. The number of rotatable bonds is 5. The van der Waals surface area contributed by atoms with Gasteiger partial charge in [0.25, 0.3) is 5.91 Å². The van der Waals surface area contributed by atoms with Crippen molar-refractivity contribution in [3.63, 3.8) is 0 Å². The highest BCUT2D eigenvalue weighted by atomic mass is 16.5. The Bertz CT molecular complexity index is 524. The van der Waals surface area contributed by atoms with E-state index in [9.17, 15) is 4.79 Å². The molecule has 1 amide bonds. The Labute approximate surface area is 126 Å². The van der Waals surface area contributed by atoms with Gasteiger partial charge >= 0.3 is 0 Å². The van der Waals surface area contributed by atoms with E-state index < -0.39 is 5.60 Å². The molecule has 0 saturated heterocycles. The number of likely N-dealkylation sites (N-methyl/N-ethyl adjacent to an activating group) is 1. The lowest BCUT2D eigenvalue weighted by Gasteiger charge is -2.42. The lowest BCUT2D eigenvalue weighted by atomic mass is 9.92. The predicted octanol–water partition coefficient (Wildman–Crippen LogP) is 2.11. The highest BCUT2D eigenvalue weighted by Crippen LogP contribution is 2.41. The Morgan fingerprint density at radius 3 is 2.52 bits per heavy atom. The zero-order valence-electron chi connectivity index (χ0n) is 13.3. The molecule has 1 heterocycles. The highest BCUT2D eigenvalue weighted by molar-refractivity contribution is 6.03. The van der Waals surface area contributed by atoms with E-state index in [4.69, 9.17) is 10.5 Å². The number of carbonyl (C=O) groups excluding carboxylic acids is 1. The van der Waals surface area contributed by atoms with Crippen LogP contribution >= 0.6 is 0 Å². The molecular weight excluding hydrogens is 266 g/mol. The van der Waals surface area contributed by atoms with Gasteiger partial charge in [-0.15, -0.1) is 0 Å². The molecule has 0 atom stereocenters. The van der Waals surface area contributed by atoms with Crippen molar-refractivity contribution in [2.45, 2.75) is 32.3 Å². The molecule has 0 aliphatic carbocycles. The van der Waals surface area contributed by atoms with Crippen molar-refractivity contribution in [2.75, 3.05) is 37.8 Å². The molecule has 0 fully saturated rings. The fourth-order valence-electron chi connectivity index (χ4n) is 2.66. The summed E-state index contributed by atoms with van der Waals surface area (Å²) in [5.74, 6) is 0.777. The van der Waals surface area contributed by atoms with Gasteiger partial charge in [-0.2, -0.15) is 0 Å². The van der Waals surface area contributed by atoms with Crippen LogP contribution < -0.4 is 15.4 Å². The minimum Gasteiger partial charge on any atom is -0.475 e. The van der Waals surface area contributed by atoms with Gasteiger partial charge < -0.3 is 20.3 Å². The van der Waals surface area contributed by atoms with E-state index in [1.165, 1.54) is 0 Å². The number of hydrogen-bond donors (Lipinski definition) is 1. The summed E-state index contributed by atoms with van der Waals surface area (Å²) in [5, 5.41) is 0. The minimum absolute atomic E-state index is 0.0347. The predicted molar refractivity (Wildman–Crippen MR) is 85.7 cm³/mol. The average molecular weight is 291 g/mol. The second-order valence-corrected chi connectivity index (χ2v) is 5.79. The molecule has 116 valence electrons. The molecule has 2 N–H and O–H groups in total. The zero-order chi connectivity index (χ0) is 15.6. The van der Waals surface area contributed by atoms with Crippen LogP contribution in [0.5, 0.6) is 5.75 Å². The van der Waals surface area contributed by atoms with Crippen LogP contribution in [0.4, 0.5) is 11.4 Å². The third kappa shape index (κ3) is 2.83. The number of amides is 1. The van der Waals surface area contributed by atoms with Crippen molar-refractivity contribution < 1.29 is 9.53 Å². The third-order valence-electron chi connectivity index (χ3n) is 4.13. The van der Waals surface area contributed by atoms with Crippen molar-refractivity contribution in [3.05, 3.63) is 18.2 Å². The fourth-order valence-corrected chi connectivity index (χ4v) is 2.66. The quantitative estimate of drug-likeness (QED) is 0.844. The SMILES string of the molecule is CCC1(CC)Oc2ccc(N)cc2N(CCN(C)C)C1=O. The smallest absolute Gasteiger partial charge is 0.271 e. The molecule has 5 heteroatoms. The van der Waals surface area contributed by atoms with Crippen LogP contribution in [0.3, 0.4) is 0 Å². The van der Waals surface area contributed by atoms with E-state index >= 15 is 0 Å². The van der Waals surface area contributed by atoms with Crippen molar-refractivity contribution in [3.8, 4) is 5.75 Å². The van der Waals surface area contributed by atoms with Gasteiger partial charge in [-0.05, 0) is 45.1 Å². The summed E-state index contributed by atoms with van der Waals surface area (Å²) in [7, 11) is 4.00. The maximum Gasteiger partial charge on any atom is 0.271 e. The van der Waals surface area contributed by atoms with E-state index in [0.717, 1.165) is 18.0 Å². The monoisotopic (exact) mass is 291 g/mol. The van der Waals surface area contributed by atoms with Crippen molar-refractivity contribution in [2.24, 2.45) is 0 Å². The molecule has 0 bridgehead atoms. The largest absolute Gasteiger partial charge is 0.475 e. The topological polar surface area (TPSA) is 58.8 Å². The molecule has 1 aromatic carbocycles. The van der Waals surface area contributed by atoms with Gasteiger partial charge in [0.15, 0.2) is 5.60 Å². The second kappa shape index (κ2) is 5.93. The molecule has 1 aliphatic rings. The number of nitrogens with two attached hydrogens (primary N) is 1. The van der Waals surface area contributed by atoms with E-state index in [-0.39, 0.29) is 5.91 Å². The van der Waals surface area contributed by atoms with Gasteiger partial charge in [-0.25, -0.2) is 0 Å². The number of carbonyl (C=O) groups is 1. The van der Waals surface area contributed by atoms with Gasteiger partial charge in [-0.1, -0.05) is 13.8 Å². The molecule has 0 unspecified atom stereocenters. The number of nitrogens with zero attached hydrogens (tertiary/aromatic N) is 2. The second-order valence-electron chi connectivity index (χ2n) is 5.79. The van der Waals surface area contributed by atoms with Crippen molar-refractivity contribution in [1.82, 2.24) is 4.90 Å². The fraction of sp³-hybridized carbons (Fsp3) is 0.562. The first-order valence-electron chi connectivity index (χ1n) is 7.48. The van der Waals surface area contributed by atoms with Crippen LogP contribution in [0.15, 0.2) is 18.2 Å². The maximum atomic E-state index is 12.9. The van der Waals surface area contributed by atoms with Crippen molar-refractivity contribution >= 4 is 17.3 Å². The van der Waals surface area contributed by atoms with E-state index in [2.05, 4.69) is 4.90 Å². The highest BCUT2D eigenvalue weighted by Gasteiger charge is 2.45. The van der Waals surface area contributed by atoms with Crippen LogP contribution in [0, 0.1) is 0 Å². The van der Waals surface area contributed by atoms with Crippen molar-refractivity contribution in [1.29, 1.82) is 0 Å². The van der Waals surface area contributed by atoms with Gasteiger partial charge in [0.2, 0.25) is 0 Å². The van der Waals surface area contributed by atoms with Crippen LogP contribution in [0.25, 0.3) is 0 Å². The summed E-state index contributed by atoms with van der Waals surface area (Å²) < 4.78 is 6.06. The molecule has 0 radical (unpaired) electrons. The van der Waals surface area contributed by atoms with Crippen LogP contribution in [-0.2, 0) is 4.79 Å². The van der Waals surface area contributed by atoms with E-state index in [0.29, 0.717) is 25.1 Å². The van der Waals surface area contributed by atoms with Gasteiger partial charge in [0.05, 0.1) is 5.69 Å². The molecule has 0 spiro atoms. The number of hydrogen-bond acceptors (Lipinski definition) is 4. The molecule has 21 heavy (non-hydrogen) atoms. The summed E-state index contributed by atoms with van der Waals surface area (Å²) in [6.07, 6.45) is 1.31. The first kappa shape index (κ1) is 15.6. The normalized spacial score (nSPS) is 16.8. The lowest BCUT2D eigenvalue weighted by molar-refractivity contribution is -0.136. The first-order valence-corrected chi connectivity index (χ1v) is 7.48. The lowest BCUT2D eigenvalue weighted by Crippen LogP contribution is -2.56. The number of benzene rings is 1. The Balaban J connectivity index is 2.44. The molecule has 0 saturated carbocycles. The minimum atomic E-state index is -0.755. The number of anilines is 2. The summed E-state index contributed by atoms with van der Waals surface area (Å²) in [5.41, 5.74) is 6.54. The van der Waals surface area contributed by atoms with Crippen LogP contribution in [0.1, 0.15) is 26.7 Å². The van der Waals surface area contributed by atoms with E-state index in [1.807, 2.05) is 51.0 Å². The zero-order valence-corrected chi connectivity index (χ0v) is 13.3. The first-order chi connectivity index (χ1) is 9.93. The third-order valence-corrected chi connectivity index (χ3v) is 4.13. The Morgan fingerprint density at radius 2 is 1.95 bits per heavy atom. The number of fused-ring (bicyclic) bond motifs is 1. The van der Waals surface area contributed by atoms with Gasteiger partial charge in [-0.3, -0.25) is 4.79 Å². The molecule has 2 rings (SSSR count). The molecule has 0 aromatic heterocycles. The average Bonchev–Trinajstić information content (AvgIpc) is 2.46. The maximum absolute atomic E-state index is 12.9. The number of ether oxygens (including phenoxy) is 1. The standard InChI is InChI=1S/C16H25N3O2/c1-5-16(6-2)15(20)19(10-9-18(3)4)13-11-12(17)7-8-14(13)21-16/h7-8,11H,5-6,9-10,17H2,1-4H3. The summed E-state index contributed by atoms with van der Waals surface area (Å²) in [6, 6.07) is 5.49. The molecule has 1 aliphatic heterocycles. The van der Waals surface area contributed by atoms with Crippen LogP contribution in [0.2, 0.25) is 0 Å². The molecule has 1 aromatic rings. The molecule has 5 nitrogen and oxygen atoms in total. The Morgan fingerprint density at radius 1 is 1.29 bits per heavy atom. The van der Waals surface area contributed by atoms with Gasteiger partial charge in [0, 0.05) is 18.8 Å². The Kier molecular flexibility index (Phi) is 4.42. The van der Waals surface area contributed by atoms with Gasteiger partial charge in [0.1, 0.15) is 5.75 Å². The van der Waals surface area contributed by atoms with E-state index in [1.54, 1.807) is 0 Å². The summed E-state index contributed by atoms with van der Waals surface area (Å²) in [4.78, 5) is 16.8. The number of nitrogen functional groups attached to an aromatic ring is 1. The summed E-state index contributed by atoms with van der Waals surface area (Å²) >= 11 is 0. The van der Waals surface area contributed by atoms with Crippen LogP contribution in [-0.4, -0.2) is 43.6 Å².